The predicted molar refractivity (Wildman–Crippen MR) is 80.3 cm³/mol. The molecule has 0 bridgehead atoms. The van der Waals surface area contributed by atoms with E-state index in [0.29, 0.717) is 0 Å². The predicted octanol–water partition coefficient (Wildman–Crippen LogP) is 3.19. The lowest BCUT2D eigenvalue weighted by atomic mass is 10.1. The lowest BCUT2D eigenvalue weighted by Gasteiger charge is -2.06. The summed E-state index contributed by atoms with van der Waals surface area (Å²) in [5.41, 5.74) is 2.35. The molecule has 0 saturated carbocycles. The van der Waals surface area contributed by atoms with Gasteiger partial charge in [-0.1, -0.05) is 18.2 Å². The normalized spacial score (nSPS) is 10.4. The van der Waals surface area contributed by atoms with Gasteiger partial charge in [0, 0.05) is 6.54 Å². The molecule has 0 spiro atoms. The van der Waals surface area contributed by atoms with E-state index in [2.05, 4.69) is 38.4 Å². The van der Waals surface area contributed by atoms with Gasteiger partial charge in [0.25, 0.3) is 0 Å². The number of aromatic nitrogens is 1. The summed E-state index contributed by atoms with van der Waals surface area (Å²) < 4.78 is 6.01. The van der Waals surface area contributed by atoms with Gasteiger partial charge < -0.3 is 10.1 Å². The number of ether oxygens (including phenoxy) is 1. The van der Waals surface area contributed by atoms with E-state index >= 15 is 0 Å². The monoisotopic (exact) mass is 320 g/mol. The van der Waals surface area contributed by atoms with Crippen LogP contribution in [0.15, 0.2) is 47.1 Å². The van der Waals surface area contributed by atoms with Gasteiger partial charge >= 0.3 is 0 Å². The lowest BCUT2D eigenvalue weighted by molar-refractivity contribution is 0.414. The largest absolute Gasteiger partial charge is 0.497 e. The highest BCUT2D eigenvalue weighted by atomic mass is 79.9. The number of methoxy groups -OCH3 is 1. The minimum absolute atomic E-state index is 0.787. The lowest BCUT2D eigenvalue weighted by Crippen LogP contribution is -2.17. The zero-order valence-corrected chi connectivity index (χ0v) is 12.5. The molecule has 1 aromatic carbocycles. The maximum Gasteiger partial charge on any atom is 0.118 e. The molecule has 0 amide bonds. The summed E-state index contributed by atoms with van der Waals surface area (Å²) in [6.07, 6.45) is 0.998. The van der Waals surface area contributed by atoms with Crippen LogP contribution in [0.2, 0.25) is 0 Å². The third kappa shape index (κ3) is 4.65. The van der Waals surface area contributed by atoms with Crippen LogP contribution in [-0.2, 0) is 13.0 Å². The molecule has 0 saturated heterocycles. The Bertz CT molecular complexity index is 514. The standard InChI is InChI=1S/C15H17BrN2O/c1-19-14-7-5-12(6-8-14)9-10-17-11-13-3-2-4-15(16)18-13/h2-8,17H,9-11H2,1H3. The van der Waals surface area contributed by atoms with Gasteiger partial charge in [-0.15, -0.1) is 0 Å². The molecule has 2 rings (SSSR count). The third-order valence-electron chi connectivity index (χ3n) is 2.83. The maximum absolute atomic E-state index is 5.14. The summed E-state index contributed by atoms with van der Waals surface area (Å²) in [5.74, 6) is 0.898. The van der Waals surface area contributed by atoms with Gasteiger partial charge in [0.05, 0.1) is 12.8 Å². The Morgan fingerprint density at radius 3 is 2.63 bits per heavy atom. The second-order valence-corrected chi connectivity index (χ2v) is 5.04. The Hall–Kier alpha value is -1.39. The molecule has 0 atom stereocenters. The fraction of sp³-hybridized carbons (Fsp3) is 0.267. The molecule has 0 fully saturated rings. The van der Waals surface area contributed by atoms with Crippen LogP contribution < -0.4 is 10.1 Å². The van der Waals surface area contributed by atoms with Crippen LogP contribution in [0.4, 0.5) is 0 Å². The van der Waals surface area contributed by atoms with Crippen LogP contribution in [0.5, 0.6) is 5.75 Å². The highest BCUT2D eigenvalue weighted by molar-refractivity contribution is 9.10. The SMILES string of the molecule is COc1ccc(CCNCc2cccc(Br)n2)cc1. The Labute approximate surface area is 122 Å². The molecular formula is C15H17BrN2O. The fourth-order valence-corrected chi connectivity index (χ4v) is 2.17. The van der Waals surface area contributed by atoms with Crippen molar-refractivity contribution in [3.05, 3.63) is 58.3 Å². The molecule has 4 heteroatoms. The Balaban J connectivity index is 1.74. The molecule has 0 aliphatic rings. The topological polar surface area (TPSA) is 34.1 Å². The molecule has 0 aliphatic heterocycles. The molecule has 19 heavy (non-hydrogen) atoms. The highest BCUT2D eigenvalue weighted by Crippen LogP contribution is 2.11. The Morgan fingerprint density at radius 1 is 1.16 bits per heavy atom. The van der Waals surface area contributed by atoms with Crippen molar-refractivity contribution in [3.8, 4) is 5.75 Å². The van der Waals surface area contributed by atoms with Crippen molar-refractivity contribution in [1.29, 1.82) is 0 Å². The van der Waals surface area contributed by atoms with Crippen LogP contribution in [0.1, 0.15) is 11.3 Å². The maximum atomic E-state index is 5.14. The van der Waals surface area contributed by atoms with Crippen molar-refractivity contribution in [2.75, 3.05) is 13.7 Å². The number of nitrogens with zero attached hydrogens (tertiary/aromatic N) is 1. The molecule has 1 N–H and O–H groups in total. The van der Waals surface area contributed by atoms with Crippen LogP contribution in [0, 0.1) is 0 Å². The first kappa shape index (κ1) is 14.0. The van der Waals surface area contributed by atoms with E-state index < -0.39 is 0 Å². The van der Waals surface area contributed by atoms with E-state index in [1.807, 2.05) is 30.3 Å². The van der Waals surface area contributed by atoms with Gasteiger partial charge in [0.1, 0.15) is 10.4 Å². The van der Waals surface area contributed by atoms with E-state index in [4.69, 9.17) is 4.74 Å². The van der Waals surface area contributed by atoms with E-state index in [1.165, 1.54) is 5.56 Å². The molecule has 0 unspecified atom stereocenters. The molecule has 100 valence electrons. The number of hydrogen-bond acceptors (Lipinski definition) is 3. The van der Waals surface area contributed by atoms with Crippen LogP contribution in [0.3, 0.4) is 0 Å². The van der Waals surface area contributed by atoms with Gasteiger partial charge in [-0.2, -0.15) is 0 Å². The van der Waals surface area contributed by atoms with Crippen molar-refractivity contribution in [2.24, 2.45) is 0 Å². The van der Waals surface area contributed by atoms with Crippen LogP contribution in [-0.4, -0.2) is 18.6 Å². The van der Waals surface area contributed by atoms with E-state index in [0.717, 1.165) is 35.6 Å². The minimum Gasteiger partial charge on any atom is -0.497 e. The first-order valence-electron chi connectivity index (χ1n) is 6.23. The summed E-state index contributed by atoms with van der Waals surface area (Å²) >= 11 is 3.37. The van der Waals surface area contributed by atoms with Crippen molar-refractivity contribution < 1.29 is 4.74 Å². The first-order chi connectivity index (χ1) is 9.28. The van der Waals surface area contributed by atoms with Gasteiger partial charge in [0.2, 0.25) is 0 Å². The van der Waals surface area contributed by atoms with Crippen molar-refractivity contribution in [1.82, 2.24) is 10.3 Å². The summed E-state index contributed by atoms with van der Waals surface area (Å²) in [6, 6.07) is 14.1. The molecule has 1 aromatic heterocycles. The molecule has 3 nitrogen and oxygen atoms in total. The molecule has 0 radical (unpaired) electrons. The highest BCUT2D eigenvalue weighted by Gasteiger charge is 1.97. The van der Waals surface area contributed by atoms with E-state index in [-0.39, 0.29) is 0 Å². The minimum atomic E-state index is 0.787. The Morgan fingerprint density at radius 2 is 1.95 bits per heavy atom. The second-order valence-electron chi connectivity index (χ2n) is 4.23. The van der Waals surface area contributed by atoms with Gasteiger partial charge in [-0.3, -0.25) is 0 Å². The number of nitrogens with one attached hydrogen (secondary N) is 1. The molecular weight excluding hydrogens is 304 g/mol. The summed E-state index contributed by atoms with van der Waals surface area (Å²) in [7, 11) is 1.68. The zero-order valence-electron chi connectivity index (χ0n) is 10.9. The van der Waals surface area contributed by atoms with Crippen molar-refractivity contribution in [2.45, 2.75) is 13.0 Å². The van der Waals surface area contributed by atoms with Crippen LogP contribution in [0.25, 0.3) is 0 Å². The number of benzene rings is 1. The van der Waals surface area contributed by atoms with E-state index in [9.17, 15) is 0 Å². The summed E-state index contributed by atoms with van der Waals surface area (Å²) in [4.78, 5) is 4.38. The first-order valence-corrected chi connectivity index (χ1v) is 7.02. The molecule has 2 aromatic rings. The second kappa shape index (κ2) is 7.26. The third-order valence-corrected chi connectivity index (χ3v) is 3.27. The number of pyridine rings is 1. The molecule has 1 heterocycles. The number of halogens is 1. The molecule has 0 aliphatic carbocycles. The zero-order chi connectivity index (χ0) is 13.5. The van der Waals surface area contributed by atoms with Gasteiger partial charge in [-0.25, -0.2) is 4.98 Å². The quantitative estimate of drug-likeness (QED) is 0.655. The van der Waals surface area contributed by atoms with E-state index in [1.54, 1.807) is 7.11 Å². The average molecular weight is 321 g/mol. The Kier molecular flexibility index (Phi) is 5.36. The van der Waals surface area contributed by atoms with Gasteiger partial charge in [0.15, 0.2) is 0 Å². The summed E-state index contributed by atoms with van der Waals surface area (Å²) in [5, 5.41) is 3.39. The van der Waals surface area contributed by atoms with Crippen LogP contribution >= 0.6 is 15.9 Å². The smallest absolute Gasteiger partial charge is 0.118 e. The van der Waals surface area contributed by atoms with Gasteiger partial charge in [-0.05, 0) is 58.7 Å². The number of hydrogen-bond donors (Lipinski definition) is 1. The van der Waals surface area contributed by atoms with Crippen molar-refractivity contribution >= 4 is 15.9 Å². The number of rotatable bonds is 6. The van der Waals surface area contributed by atoms with Crippen molar-refractivity contribution in [3.63, 3.8) is 0 Å². The summed E-state index contributed by atoms with van der Waals surface area (Å²) in [6.45, 7) is 1.72. The average Bonchev–Trinajstić information content (AvgIpc) is 2.44. The fourth-order valence-electron chi connectivity index (χ4n) is 1.79.